The van der Waals surface area contributed by atoms with E-state index in [0.29, 0.717) is 6.04 Å². The third kappa shape index (κ3) is 3.07. The molecule has 1 aromatic carbocycles. The minimum absolute atomic E-state index is 0.479. The van der Waals surface area contributed by atoms with Crippen molar-refractivity contribution in [2.75, 3.05) is 6.54 Å². The van der Waals surface area contributed by atoms with Crippen LogP contribution in [0.3, 0.4) is 0 Å². The number of benzene rings is 1. The lowest BCUT2D eigenvalue weighted by Gasteiger charge is -2.17. The van der Waals surface area contributed by atoms with E-state index in [4.69, 9.17) is 0 Å². The molecule has 1 fully saturated rings. The van der Waals surface area contributed by atoms with Crippen molar-refractivity contribution in [3.05, 3.63) is 35.9 Å². The average Bonchev–Trinajstić information content (AvgIpc) is 3.10. The summed E-state index contributed by atoms with van der Waals surface area (Å²) in [6.45, 7) is 5.76. The van der Waals surface area contributed by atoms with Crippen LogP contribution in [0.5, 0.6) is 0 Å². The van der Waals surface area contributed by atoms with Crippen molar-refractivity contribution in [3.8, 4) is 0 Å². The van der Waals surface area contributed by atoms with Gasteiger partial charge in [0.05, 0.1) is 0 Å². The number of nitrogens with one attached hydrogen (secondary N) is 1. The van der Waals surface area contributed by atoms with Crippen LogP contribution in [0.15, 0.2) is 30.3 Å². The molecule has 82 valence electrons. The summed E-state index contributed by atoms with van der Waals surface area (Å²) in [5.41, 5.74) is 1.39. The van der Waals surface area contributed by atoms with Crippen molar-refractivity contribution in [2.45, 2.75) is 32.7 Å². The summed E-state index contributed by atoms with van der Waals surface area (Å²) in [5.74, 6) is 1.84. The Morgan fingerprint density at radius 2 is 1.87 bits per heavy atom. The topological polar surface area (TPSA) is 12.0 Å². The molecule has 0 saturated heterocycles. The summed E-state index contributed by atoms with van der Waals surface area (Å²) in [7, 11) is 0. The molecular weight excluding hydrogens is 182 g/mol. The molecule has 0 amide bonds. The van der Waals surface area contributed by atoms with E-state index < -0.39 is 0 Å². The van der Waals surface area contributed by atoms with E-state index in [-0.39, 0.29) is 0 Å². The highest BCUT2D eigenvalue weighted by molar-refractivity contribution is 5.17. The second-order valence-corrected chi connectivity index (χ2v) is 4.86. The first-order valence-electron chi connectivity index (χ1n) is 6.05. The van der Waals surface area contributed by atoms with Gasteiger partial charge in [-0.05, 0) is 43.7 Å². The summed E-state index contributed by atoms with van der Waals surface area (Å²) in [6, 6.07) is 11.2. The van der Waals surface area contributed by atoms with Crippen LogP contribution in [-0.2, 0) is 0 Å². The SMILES string of the molecule is CC(NCC(C)C1CC1)c1ccccc1. The van der Waals surface area contributed by atoms with Crippen LogP contribution in [0.25, 0.3) is 0 Å². The highest BCUT2D eigenvalue weighted by atomic mass is 14.9. The average molecular weight is 203 g/mol. The summed E-state index contributed by atoms with van der Waals surface area (Å²) in [5, 5.41) is 3.62. The second kappa shape index (κ2) is 4.80. The molecule has 15 heavy (non-hydrogen) atoms. The number of hydrogen-bond acceptors (Lipinski definition) is 1. The molecule has 2 atom stereocenters. The van der Waals surface area contributed by atoms with Gasteiger partial charge in [-0.1, -0.05) is 37.3 Å². The van der Waals surface area contributed by atoms with Gasteiger partial charge in [0.2, 0.25) is 0 Å². The molecule has 2 unspecified atom stereocenters. The fourth-order valence-corrected chi connectivity index (χ4v) is 2.05. The molecule has 1 aliphatic carbocycles. The smallest absolute Gasteiger partial charge is 0.0291 e. The van der Waals surface area contributed by atoms with Crippen LogP contribution >= 0.6 is 0 Å². The molecule has 0 aromatic heterocycles. The Hall–Kier alpha value is -0.820. The first kappa shape index (κ1) is 10.7. The molecule has 1 heteroatoms. The van der Waals surface area contributed by atoms with Crippen molar-refractivity contribution in [3.63, 3.8) is 0 Å². The van der Waals surface area contributed by atoms with Crippen molar-refractivity contribution >= 4 is 0 Å². The van der Waals surface area contributed by atoms with Crippen LogP contribution in [0.4, 0.5) is 0 Å². The minimum atomic E-state index is 0.479. The molecule has 0 bridgehead atoms. The summed E-state index contributed by atoms with van der Waals surface area (Å²) < 4.78 is 0. The van der Waals surface area contributed by atoms with Crippen LogP contribution in [0.1, 0.15) is 38.3 Å². The second-order valence-electron chi connectivity index (χ2n) is 4.86. The van der Waals surface area contributed by atoms with E-state index in [9.17, 15) is 0 Å². The maximum atomic E-state index is 3.62. The van der Waals surface area contributed by atoms with E-state index in [1.807, 2.05) is 0 Å². The van der Waals surface area contributed by atoms with Gasteiger partial charge in [0.15, 0.2) is 0 Å². The fraction of sp³-hybridized carbons (Fsp3) is 0.571. The van der Waals surface area contributed by atoms with Gasteiger partial charge in [0, 0.05) is 6.04 Å². The van der Waals surface area contributed by atoms with Crippen LogP contribution in [0.2, 0.25) is 0 Å². The molecule has 1 N–H and O–H groups in total. The standard InChI is InChI=1S/C14H21N/c1-11(13-8-9-13)10-15-12(2)14-6-4-3-5-7-14/h3-7,11-13,15H,8-10H2,1-2H3. The summed E-state index contributed by atoms with van der Waals surface area (Å²) in [4.78, 5) is 0. The zero-order chi connectivity index (χ0) is 10.7. The maximum absolute atomic E-state index is 3.62. The predicted molar refractivity (Wildman–Crippen MR) is 64.7 cm³/mol. The maximum Gasteiger partial charge on any atom is 0.0291 e. The Morgan fingerprint density at radius 3 is 2.47 bits per heavy atom. The Morgan fingerprint density at radius 1 is 1.20 bits per heavy atom. The molecule has 0 radical (unpaired) electrons. The third-order valence-corrected chi connectivity index (χ3v) is 3.47. The van der Waals surface area contributed by atoms with Gasteiger partial charge in [0.1, 0.15) is 0 Å². The number of rotatable bonds is 5. The van der Waals surface area contributed by atoms with Gasteiger partial charge in [0.25, 0.3) is 0 Å². The van der Waals surface area contributed by atoms with E-state index in [0.717, 1.165) is 18.4 Å². The summed E-state index contributed by atoms with van der Waals surface area (Å²) >= 11 is 0. The van der Waals surface area contributed by atoms with Gasteiger partial charge in [-0.15, -0.1) is 0 Å². The first-order chi connectivity index (χ1) is 7.27. The largest absolute Gasteiger partial charge is 0.310 e. The highest BCUT2D eigenvalue weighted by Gasteiger charge is 2.27. The lowest BCUT2D eigenvalue weighted by Crippen LogP contribution is -2.25. The third-order valence-electron chi connectivity index (χ3n) is 3.47. The zero-order valence-corrected chi connectivity index (χ0v) is 9.74. The van der Waals surface area contributed by atoms with Crippen LogP contribution in [0, 0.1) is 11.8 Å². The quantitative estimate of drug-likeness (QED) is 0.773. The molecule has 1 aromatic rings. The molecule has 0 heterocycles. The summed E-state index contributed by atoms with van der Waals surface area (Å²) in [6.07, 6.45) is 2.89. The van der Waals surface area contributed by atoms with Gasteiger partial charge < -0.3 is 5.32 Å². The van der Waals surface area contributed by atoms with E-state index in [2.05, 4.69) is 49.5 Å². The van der Waals surface area contributed by atoms with Crippen molar-refractivity contribution in [2.24, 2.45) is 11.8 Å². The first-order valence-corrected chi connectivity index (χ1v) is 6.05. The monoisotopic (exact) mass is 203 g/mol. The van der Waals surface area contributed by atoms with Gasteiger partial charge in [-0.2, -0.15) is 0 Å². The predicted octanol–water partition coefficient (Wildman–Crippen LogP) is 3.38. The van der Waals surface area contributed by atoms with Gasteiger partial charge in [-0.3, -0.25) is 0 Å². The van der Waals surface area contributed by atoms with E-state index >= 15 is 0 Å². The molecule has 1 nitrogen and oxygen atoms in total. The Balaban J connectivity index is 1.79. The molecule has 0 spiro atoms. The fourth-order valence-electron chi connectivity index (χ4n) is 2.05. The van der Waals surface area contributed by atoms with Gasteiger partial charge >= 0.3 is 0 Å². The van der Waals surface area contributed by atoms with Crippen molar-refractivity contribution in [1.29, 1.82) is 0 Å². The zero-order valence-electron chi connectivity index (χ0n) is 9.74. The van der Waals surface area contributed by atoms with Crippen molar-refractivity contribution in [1.82, 2.24) is 5.32 Å². The molecule has 0 aliphatic heterocycles. The van der Waals surface area contributed by atoms with Crippen molar-refractivity contribution < 1.29 is 0 Å². The lowest BCUT2D eigenvalue weighted by molar-refractivity contribution is 0.432. The van der Waals surface area contributed by atoms with E-state index in [1.54, 1.807) is 0 Å². The molecular formula is C14H21N. The Kier molecular flexibility index (Phi) is 3.42. The highest BCUT2D eigenvalue weighted by Crippen LogP contribution is 2.36. The molecule has 2 rings (SSSR count). The lowest BCUT2D eigenvalue weighted by atomic mass is 10.0. The Labute approximate surface area is 92.9 Å². The number of hydrogen-bond donors (Lipinski definition) is 1. The Bertz CT molecular complexity index is 289. The van der Waals surface area contributed by atoms with E-state index in [1.165, 1.54) is 18.4 Å². The van der Waals surface area contributed by atoms with Crippen LogP contribution in [-0.4, -0.2) is 6.54 Å². The van der Waals surface area contributed by atoms with Crippen LogP contribution < -0.4 is 5.32 Å². The van der Waals surface area contributed by atoms with Gasteiger partial charge in [-0.25, -0.2) is 0 Å². The normalized spacial score (nSPS) is 19.9. The minimum Gasteiger partial charge on any atom is -0.310 e. The molecule has 1 saturated carbocycles. The molecule has 1 aliphatic rings.